The lowest BCUT2D eigenvalue weighted by Gasteiger charge is -2.38. The number of aliphatic carboxylic acids is 1. The second-order valence-electron chi connectivity index (χ2n) is 6.69. The van der Waals surface area contributed by atoms with Gasteiger partial charge in [0.2, 0.25) is 5.91 Å². The second-order valence-corrected chi connectivity index (χ2v) is 7.53. The summed E-state index contributed by atoms with van der Waals surface area (Å²) in [4.78, 5) is 25.9. The van der Waals surface area contributed by atoms with Crippen LogP contribution in [0.4, 0.5) is 11.4 Å². The molecule has 4 N–H and O–H groups in total. The largest absolute Gasteiger partial charge is 0.480 e. The van der Waals surface area contributed by atoms with Gasteiger partial charge in [-0.25, -0.2) is 4.79 Å². The van der Waals surface area contributed by atoms with Crippen molar-refractivity contribution in [3.8, 4) is 12.0 Å². The Bertz CT molecular complexity index is 1010. The number of rotatable bonds is 4. The van der Waals surface area contributed by atoms with E-state index in [-0.39, 0.29) is 12.3 Å². The Morgan fingerprint density at radius 1 is 1.28 bits per heavy atom. The van der Waals surface area contributed by atoms with Gasteiger partial charge in [-0.2, -0.15) is 0 Å². The van der Waals surface area contributed by atoms with Gasteiger partial charge in [0.15, 0.2) is 0 Å². The standard InChI is InChI=1S/C21H19Cl2N3O3/c1-12(27)26(15-6-4-13(5-7-15)3-2-8-24)19-11-18(21(28)29)25-17-10-14(22)9-16(23)20(17)19/h4-7,9-10,18-19,25H,3,11,24H2,1H3,(H,28,29). The van der Waals surface area contributed by atoms with Crippen LogP contribution in [-0.2, 0) is 16.0 Å². The molecule has 6 nitrogen and oxygen atoms in total. The first-order valence-corrected chi connectivity index (χ1v) is 9.63. The van der Waals surface area contributed by atoms with E-state index in [2.05, 4.69) is 17.3 Å². The molecule has 0 radical (unpaired) electrons. The summed E-state index contributed by atoms with van der Waals surface area (Å²) in [5.41, 5.74) is 7.94. The van der Waals surface area contributed by atoms with Crippen LogP contribution in [0.3, 0.4) is 0 Å². The van der Waals surface area contributed by atoms with Crippen LogP contribution < -0.4 is 16.0 Å². The third-order valence-electron chi connectivity index (χ3n) is 4.77. The summed E-state index contributed by atoms with van der Waals surface area (Å²) in [5, 5.41) is 13.3. The van der Waals surface area contributed by atoms with Gasteiger partial charge in [-0.15, -0.1) is 0 Å². The van der Waals surface area contributed by atoms with Gasteiger partial charge in [-0.3, -0.25) is 4.79 Å². The van der Waals surface area contributed by atoms with E-state index in [1.807, 2.05) is 12.1 Å². The Kier molecular flexibility index (Phi) is 6.21. The highest BCUT2D eigenvalue weighted by molar-refractivity contribution is 6.35. The van der Waals surface area contributed by atoms with Gasteiger partial charge in [-0.05, 0) is 29.8 Å². The number of amides is 1. The SMILES string of the molecule is CC(=O)N(c1ccc(CC#CN)cc1)C1CC(C(=O)O)Nc2cc(Cl)cc(Cl)c21. The third-order valence-corrected chi connectivity index (χ3v) is 5.31. The number of hydrogen-bond donors (Lipinski definition) is 3. The van der Waals surface area contributed by atoms with Crippen LogP contribution in [0, 0.1) is 12.0 Å². The van der Waals surface area contributed by atoms with Gasteiger partial charge in [0, 0.05) is 52.8 Å². The predicted molar refractivity (Wildman–Crippen MR) is 114 cm³/mol. The molecule has 1 amide bonds. The minimum Gasteiger partial charge on any atom is -0.480 e. The Morgan fingerprint density at radius 2 is 1.97 bits per heavy atom. The molecule has 1 heterocycles. The van der Waals surface area contributed by atoms with E-state index in [4.69, 9.17) is 28.9 Å². The molecule has 0 aliphatic carbocycles. The average molecular weight is 432 g/mol. The van der Waals surface area contributed by atoms with Gasteiger partial charge >= 0.3 is 5.97 Å². The monoisotopic (exact) mass is 431 g/mol. The van der Waals surface area contributed by atoms with Crippen molar-refractivity contribution < 1.29 is 14.7 Å². The lowest BCUT2D eigenvalue weighted by molar-refractivity contribution is -0.138. The molecule has 1 aliphatic heterocycles. The highest BCUT2D eigenvalue weighted by atomic mass is 35.5. The quantitative estimate of drug-likeness (QED) is 0.505. The molecule has 2 unspecified atom stereocenters. The maximum Gasteiger partial charge on any atom is 0.326 e. The van der Waals surface area contributed by atoms with E-state index >= 15 is 0 Å². The Hall–Kier alpha value is -2.88. The van der Waals surface area contributed by atoms with Gasteiger partial charge < -0.3 is 21.1 Å². The molecule has 2 atom stereocenters. The number of nitrogens with one attached hydrogen (secondary N) is 1. The molecule has 0 bridgehead atoms. The molecule has 2 aromatic rings. The van der Waals surface area contributed by atoms with Crippen LogP contribution in [0.2, 0.25) is 10.0 Å². The topological polar surface area (TPSA) is 95.7 Å². The number of nitrogens with zero attached hydrogens (tertiary/aromatic N) is 1. The molecule has 0 fully saturated rings. The van der Waals surface area contributed by atoms with Gasteiger partial charge in [0.25, 0.3) is 0 Å². The number of hydrogen-bond acceptors (Lipinski definition) is 4. The minimum absolute atomic E-state index is 0.156. The van der Waals surface area contributed by atoms with Crippen LogP contribution in [-0.4, -0.2) is 23.0 Å². The van der Waals surface area contributed by atoms with E-state index in [1.54, 1.807) is 29.2 Å². The summed E-state index contributed by atoms with van der Waals surface area (Å²) in [6.45, 7) is 1.44. The van der Waals surface area contributed by atoms with Crippen LogP contribution in [0.15, 0.2) is 36.4 Å². The van der Waals surface area contributed by atoms with Crippen molar-refractivity contribution in [2.45, 2.75) is 31.8 Å². The molecule has 29 heavy (non-hydrogen) atoms. The van der Waals surface area contributed by atoms with Crippen molar-refractivity contribution in [3.63, 3.8) is 0 Å². The van der Waals surface area contributed by atoms with Crippen LogP contribution >= 0.6 is 23.2 Å². The fraction of sp³-hybridized carbons (Fsp3) is 0.238. The fourth-order valence-electron chi connectivity index (χ4n) is 3.54. The predicted octanol–water partition coefficient (Wildman–Crippen LogP) is 3.82. The summed E-state index contributed by atoms with van der Waals surface area (Å²) >= 11 is 12.6. The average Bonchev–Trinajstić information content (AvgIpc) is 2.66. The molecule has 0 saturated carbocycles. The zero-order valence-corrected chi connectivity index (χ0v) is 17.1. The van der Waals surface area contributed by atoms with Gasteiger partial charge in [0.05, 0.1) is 6.04 Å². The molecule has 1 aliphatic rings. The number of carboxylic acid groups (broad SMARTS) is 1. The summed E-state index contributed by atoms with van der Waals surface area (Å²) in [6, 6.07) is 11.4. The van der Waals surface area contributed by atoms with Gasteiger partial charge in [0.1, 0.15) is 6.04 Å². The number of carbonyl (C=O) groups is 2. The zero-order chi connectivity index (χ0) is 21.1. The van der Waals surface area contributed by atoms with E-state index < -0.39 is 18.1 Å². The summed E-state index contributed by atoms with van der Waals surface area (Å²) in [6.07, 6.45) is 0.655. The molecular formula is C21H19Cl2N3O3. The van der Waals surface area contributed by atoms with E-state index in [0.29, 0.717) is 33.4 Å². The molecule has 0 aromatic heterocycles. The normalized spacial score (nSPS) is 17.3. The van der Waals surface area contributed by atoms with Crippen molar-refractivity contribution in [3.05, 3.63) is 57.6 Å². The first-order chi connectivity index (χ1) is 13.8. The van der Waals surface area contributed by atoms with Gasteiger partial charge in [-0.1, -0.05) is 41.3 Å². The van der Waals surface area contributed by atoms with Crippen molar-refractivity contribution in [1.82, 2.24) is 0 Å². The molecular weight excluding hydrogens is 413 g/mol. The minimum atomic E-state index is -1.02. The zero-order valence-electron chi connectivity index (χ0n) is 15.6. The molecule has 3 rings (SSSR count). The Morgan fingerprint density at radius 3 is 2.55 bits per heavy atom. The number of fused-ring (bicyclic) bond motifs is 1. The summed E-state index contributed by atoms with van der Waals surface area (Å²) < 4.78 is 0. The Balaban J connectivity index is 2.07. The Labute approximate surface area is 178 Å². The molecule has 8 heteroatoms. The van der Waals surface area contributed by atoms with E-state index in [9.17, 15) is 14.7 Å². The first-order valence-electron chi connectivity index (χ1n) is 8.87. The number of anilines is 2. The summed E-state index contributed by atoms with van der Waals surface area (Å²) in [7, 11) is 0. The van der Waals surface area contributed by atoms with Crippen LogP contribution in [0.25, 0.3) is 0 Å². The maximum atomic E-state index is 12.6. The smallest absolute Gasteiger partial charge is 0.326 e. The van der Waals surface area contributed by atoms with Crippen molar-refractivity contribution in [2.75, 3.05) is 10.2 Å². The highest BCUT2D eigenvalue weighted by Gasteiger charge is 2.37. The number of benzene rings is 2. The molecule has 0 saturated heterocycles. The first kappa shape index (κ1) is 20.8. The highest BCUT2D eigenvalue weighted by Crippen LogP contribution is 2.44. The van der Waals surface area contributed by atoms with Crippen LogP contribution in [0.1, 0.15) is 30.5 Å². The van der Waals surface area contributed by atoms with Crippen molar-refractivity contribution >= 4 is 46.5 Å². The van der Waals surface area contributed by atoms with Crippen molar-refractivity contribution in [1.29, 1.82) is 0 Å². The number of nitrogens with two attached hydrogens (primary N) is 1. The summed E-state index contributed by atoms with van der Waals surface area (Å²) in [5.74, 6) is 1.54. The lowest BCUT2D eigenvalue weighted by atomic mass is 9.91. The second kappa shape index (κ2) is 8.64. The fourth-order valence-corrected chi connectivity index (χ4v) is 4.16. The van der Waals surface area contributed by atoms with Crippen molar-refractivity contribution in [2.24, 2.45) is 5.73 Å². The third kappa shape index (κ3) is 4.42. The number of carbonyl (C=O) groups excluding carboxylic acids is 1. The lowest BCUT2D eigenvalue weighted by Crippen LogP contribution is -2.43. The maximum absolute atomic E-state index is 12.6. The molecule has 150 valence electrons. The van der Waals surface area contributed by atoms with E-state index in [0.717, 1.165) is 5.56 Å². The molecule has 2 aromatic carbocycles. The molecule has 0 spiro atoms. The number of carboxylic acids is 1. The van der Waals surface area contributed by atoms with Crippen LogP contribution in [0.5, 0.6) is 0 Å². The van der Waals surface area contributed by atoms with E-state index in [1.165, 1.54) is 6.92 Å². The number of halogens is 2.